The number of nitrogens with zero attached hydrogens (tertiary/aromatic N) is 1. The number of rotatable bonds is 2. The number of imide groups is 1. The Morgan fingerprint density at radius 3 is 2.67 bits per heavy atom. The van der Waals surface area contributed by atoms with E-state index in [4.69, 9.17) is 0 Å². The summed E-state index contributed by atoms with van der Waals surface area (Å²) in [6, 6.07) is 5.82. The minimum atomic E-state index is -1.32. The van der Waals surface area contributed by atoms with Crippen LogP contribution >= 0.6 is 0 Å². The number of carbonyl (C=O) groups is 3. The number of amides is 2. The lowest BCUT2D eigenvalue weighted by molar-refractivity contribution is -0.255. The summed E-state index contributed by atoms with van der Waals surface area (Å²) in [6.07, 6.45) is 2.64. The largest absolute Gasteiger partial charge is 0.545 e. The number of anilines is 1. The SMILES string of the molecule is C[C@H]1CCC[C@@H]2C(=O)N(c3cccc(C(=O)[O-])c3)C(=O)[C@@H]21. The van der Waals surface area contributed by atoms with Crippen molar-refractivity contribution in [1.29, 1.82) is 0 Å². The van der Waals surface area contributed by atoms with Crippen LogP contribution in [0.1, 0.15) is 36.5 Å². The number of benzene rings is 1. The van der Waals surface area contributed by atoms with Crippen molar-refractivity contribution >= 4 is 23.5 Å². The summed E-state index contributed by atoms with van der Waals surface area (Å²) in [5, 5.41) is 10.9. The van der Waals surface area contributed by atoms with Gasteiger partial charge < -0.3 is 9.90 Å². The van der Waals surface area contributed by atoms with Crippen LogP contribution in [0.15, 0.2) is 24.3 Å². The normalized spacial score (nSPS) is 28.6. The molecule has 0 spiro atoms. The molecule has 1 saturated carbocycles. The van der Waals surface area contributed by atoms with Gasteiger partial charge in [-0.25, -0.2) is 0 Å². The van der Waals surface area contributed by atoms with Crippen molar-refractivity contribution in [1.82, 2.24) is 0 Å². The molecule has 3 atom stereocenters. The molecule has 0 unspecified atom stereocenters. The number of hydrogen-bond acceptors (Lipinski definition) is 4. The topological polar surface area (TPSA) is 77.5 Å². The Bertz CT molecular complexity index is 624. The van der Waals surface area contributed by atoms with E-state index in [-0.39, 0.29) is 35.1 Å². The lowest BCUT2D eigenvalue weighted by atomic mass is 9.74. The molecule has 1 aliphatic heterocycles. The highest BCUT2D eigenvalue weighted by Gasteiger charge is 2.51. The van der Waals surface area contributed by atoms with E-state index in [1.807, 2.05) is 6.92 Å². The minimum Gasteiger partial charge on any atom is -0.545 e. The van der Waals surface area contributed by atoms with Crippen molar-refractivity contribution in [2.24, 2.45) is 17.8 Å². The minimum absolute atomic E-state index is 0.0315. The second kappa shape index (κ2) is 4.98. The summed E-state index contributed by atoms with van der Waals surface area (Å²) in [6.45, 7) is 2.00. The van der Waals surface area contributed by atoms with Crippen molar-refractivity contribution in [2.75, 3.05) is 4.90 Å². The van der Waals surface area contributed by atoms with E-state index >= 15 is 0 Å². The summed E-state index contributed by atoms with van der Waals surface area (Å²) >= 11 is 0. The third-order valence-corrected chi connectivity index (χ3v) is 4.60. The van der Waals surface area contributed by atoms with Gasteiger partial charge in [-0.1, -0.05) is 25.5 Å². The van der Waals surface area contributed by atoms with Crippen LogP contribution in [0, 0.1) is 17.8 Å². The quantitative estimate of drug-likeness (QED) is 0.759. The summed E-state index contributed by atoms with van der Waals surface area (Å²) in [4.78, 5) is 37.2. The molecule has 0 N–H and O–H groups in total. The predicted octanol–water partition coefficient (Wildman–Crippen LogP) is 0.976. The average molecular weight is 286 g/mol. The van der Waals surface area contributed by atoms with E-state index in [9.17, 15) is 19.5 Å². The fraction of sp³-hybridized carbons (Fsp3) is 0.438. The third kappa shape index (κ3) is 2.13. The van der Waals surface area contributed by atoms with Crippen molar-refractivity contribution in [3.63, 3.8) is 0 Å². The highest BCUT2D eigenvalue weighted by molar-refractivity contribution is 6.22. The fourth-order valence-electron chi connectivity index (χ4n) is 3.56. The van der Waals surface area contributed by atoms with Gasteiger partial charge >= 0.3 is 0 Å². The molecule has 0 radical (unpaired) electrons. The van der Waals surface area contributed by atoms with Gasteiger partial charge in [0, 0.05) is 0 Å². The first-order valence-corrected chi connectivity index (χ1v) is 7.20. The van der Waals surface area contributed by atoms with Crippen LogP contribution in [-0.2, 0) is 9.59 Å². The molecule has 2 fully saturated rings. The van der Waals surface area contributed by atoms with E-state index in [2.05, 4.69) is 0 Å². The van der Waals surface area contributed by atoms with Crippen molar-refractivity contribution in [3.8, 4) is 0 Å². The number of carboxylic acids is 1. The second-order valence-electron chi connectivity index (χ2n) is 5.89. The zero-order valence-electron chi connectivity index (χ0n) is 11.7. The number of hydrogen-bond donors (Lipinski definition) is 0. The number of aromatic carboxylic acids is 1. The molecule has 5 nitrogen and oxygen atoms in total. The van der Waals surface area contributed by atoms with Crippen molar-refractivity contribution in [2.45, 2.75) is 26.2 Å². The molecular weight excluding hydrogens is 270 g/mol. The average Bonchev–Trinajstić information content (AvgIpc) is 2.72. The monoisotopic (exact) mass is 286 g/mol. The molecule has 1 saturated heterocycles. The lowest BCUT2D eigenvalue weighted by Gasteiger charge is -2.27. The Hall–Kier alpha value is -2.17. The van der Waals surface area contributed by atoms with E-state index in [0.717, 1.165) is 24.2 Å². The first-order valence-electron chi connectivity index (χ1n) is 7.20. The maximum atomic E-state index is 12.6. The Balaban J connectivity index is 1.99. The first kappa shape index (κ1) is 13.8. The molecular formula is C16H16NO4-. The van der Waals surface area contributed by atoms with Crippen LogP contribution in [0.25, 0.3) is 0 Å². The van der Waals surface area contributed by atoms with E-state index in [1.54, 1.807) is 6.07 Å². The lowest BCUT2D eigenvalue weighted by Crippen LogP contribution is -2.32. The molecule has 21 heavy (non-hydrogen) atoms. The zero-order chi connectivity index (χ0) is 15.1. The zero-order valence-corrected chi connectivity index (χ0v) is 11.7. The van der Waals surface area contributed by atoms with Gasteiger partial charge in [0.05, 0.1) is 23.5 Å². The standard InChI is InChI=1S/C16H17NO4/c1-9-4-2-7-12-13(9)15(19)17(14(12)18)11-6-3-5-10(8-11)16(20)21/h3,5-6,8-9,12-13H,2,4,7H2,1H3,(H,20,21)/p-1/t9-,12-,13+/m0/s1. The molecule has 1 aliphatic carbocycles. The highest BCUT2D eigenvalue weighted by Crippen LogP contribution is 2.43. The molecule has 2 aliphatic rings. The first-order chi connectivity index (χ1) is 10.0. The smallest absolute Gasteiger partial charge is 0.237 e. The summed E-state index contributed by atoms with van der Waals surface area (Å²) in [5.74, 6) is -2.05. The summed E-state index contributed by atoms with van der Waals surface area (Å²) in [5.41, 5.74) is 0.296. The maximum absolute atomic E-state index is 12.6. The van der Waals surface area contributed by atoms with E-state index < -0.39 is 5.97 Å². The fourth-order valence-corrected chi connectivity index (χ4v) is 3.56. The van der Waals surface area contributed by atoms with Gasteiger partial charge in [0.1, 0.15) is 0 Å². The predicted molar refractivity (Wildman–Crippen MR) is 73.3 cm³/mol. The van der Waals surface area contributed by atoms with Gasteiger partial charge in [-0.05, 0) is 36.5 Å². The highest BCUT2D eigenvalue weighted by atomic mass is 16.4. The van der Waals surface area contributed by atoms with E-state index in [0.29, 0.717) is 5.69 Å². The Morgan fingerprint density at radius 2 is 2.00 bits per heavy atom. The molecule has 3 rings (SSSR count). The Morgan fingerprint density at radius 1 is 1.24 bits per heavy atom. The maximum Gasteiger partial charge on any atom is 0.237 e. The van der Waals surface area contributed by atoms with Gasteiger partial charge in [0.25, 0.3) is 0 Å². The van der Waals surface area contributed by atoms with Crippen LogP contribution in [0.4, 0.5) is 5.69 Å². The number of carboxylic acid groups (broad SMARTS) is 1. The second-order valence-corrected chi connectivity index (χ2v) is 5.89. The van der Waals surface area contributed by atoms with Crippen molar-refractivity contribution in [3.05, 3.63) is 29.8 Å². The summed E-state index contributed by atoms with van der Waals surface area (Å²) in [7, 11) is 0. The molecule has 1 aromatic rings. The molecule has 1 aromatic carbocycles. The van der Waals surface area contributed by atoms with Gasteiger partial charge in [0.2, 0.25) is 11.8 Å². The summed E-state index contributed by atoms with van der Waals surface area (Å²) < 4.78 is 0. The van der Waals surface area contributed by atoms with E-state index in [1.165, 1.54) is 18.2 Å². The molecule has 0 aromatic heterocycles. The molecule has 2 amide bonds. The number of fused-ring (bicyclic) bond motifs is 1. The van der Waals surface area contributed by atoms with Crippen LogP contribution in [0.5, 0.6) is 0 Å². The molecule has 0 bridgehead atoms. The Kier molecular flexibility index (Phi) is 3.27. The molecule has 110 valence electrons. The van der Waals surface area contributed by atoms with Crippen LogP contribution in [-0.4, -0.2) is 17.8 Å². The van der Waals surface area contributed by atoms with Gasteiger partial charge in [-0.2, -0.15) is 0 Å². The number of carbonyl (C=O) groups excluding carboxylic acids is 3. The molecule has 1 heterocycles. The van der Waals surface area contributed by atoms with Crippen LogP contribution in [0.2, 0.25) is 0 Å². The van der Waals surface area contributed by atoms with Crippen LogP contribution < -0.4 is 10.0 Å². The van der Waals surface area contributed by atoms with Gasteiger partial charge in [-0.3, -0.25) is 14.5 Å². The Labute approximate surface area is 122 Å². The van der Waals surface area contributed by atoms with Gasteiger partial charge in [0.15, 0.2) is 0 Å². The molecule has 5 heteroatoms. The third-order valence-electron chi connectivity index (χ3n) is 4.60. The van der Waals surface area contributed by atoms with Crippen LogP contribution in [0.3, 0.4) is 0 Å². The van der Waals surface area contributed by atoms with Gasteiger partial charge in [-0.15, -0.1) is 0 Å². The van der Waals surface area contributed by atoms with Crippen molar-refractivity contribution < 1.29 is 19.5 Å².